The molecule has 0 aromatic heterocycles. The summed E-state index contributed by atoms with van der Waals surface area (Å²) < 4.78 is 10.8. The summed E-state index contributed by atoms with van der Waals surface area (Å²) in [6, 6.07) is 13.3. The minimum absolute atomic E-state index is 0.371. The molecule has 2 aromatic rings. The maximum Gasteiger partial charge on any atom is 0.279 e. The molecule has 1 atom stereocenters. The van der Waals surface area contributed by atoms with Crippen LogP contribution in [0.15, 0.2) is 61.2 Å². The molecule has 0 aliphatic carbocycles. The van der Waals surface area contributed by atoms with E-state index in [9.17, 15) is 9.59 Å². The fourth-order valence-electron chi connectivity index (χ4n) is 1.93. The van der Waals surface area contributed by atoms with Crippen molar-refractivity contribution >= 4 is 23.4 Å². The smallest absolute Gasteiger partial charge is 0.279 e. The fraction of sp³-hybridized carbons (Fsp3) is 0.158. The van der Waals surface area contributed by atoms with Crippen molar-refractivity contribution in [3.8, 4) is 11.5 Å². The molecule has 0 spiro atoms. The average molecular weight is 375 g/mol. The molecule has 26 heavy (non-hydrogen) atoms. The first-order valence-corrected chi connectivity index (χ1v) is 8.24. The van der Waals surface area contributed by atoms with Gasteiger partial charge in [-0.05, 0) is 43.3 Å². The lowest BCUT2D eigenvalue weighted by molar-refractivity contribution is -0.128. The number of ether oxygens (including phenoxy) is 2. The summed E-state index contributed by atoms with van der Waals surface area (Å²) in [5, 5.41) is 0.398. The molecule has 1 unspecified atom stereocenters. The van der Waals surface area contributed by atoms with E-state index >= 15 is 0 Å². The van der Waals surface area contributed by atoms with Gasteiger partial charge >= 0.3 is 0 Å². The number of para-hydroxylation sites is 1. The van der Waals surface area contributed by atoms with E-state index in [0.29, 0.717) is 28.7 Å². The van der Waals surface area contributed by atoms with E-state index in [1.165, 1.54) is 0 Å². The molecular formula is C19H19ClN2O4. The summed E-state index contributed by atoms with van der Waals surface area (Å²) in [7, 11) is 0. The Kier molecular flexibility index (Phi) is 7.05. The highest BCUT2D eigenvalue weighted by molar-refractivity contribution is 6.32. The van der Waals surface area contributed by atoms with Gasteiger partial charge < -0.3 is 9.47 Å². The van der Waals surface area contributed by atoms with Crippen LogP contribution in [0.4, 0.5) is 0 Å². The number of hydrogen-bond acceptors (Lipinski definition) is 4. The molecule has 0 fully saturated rings. The second kappa shape index (κ2) is 9.48. The summed E-state index contributed by atoms with van der Waals surface area (Å²) in [6.07, 6.45) is 0.784. The number of carbonyl (C=O) groups is 2. The lowest BCUT2D eigenvalue weighted by Gasteiger charge is -2.16. The van der Waals surface area contributed by atoms with Crippen LogP contribution in [0.2, 0.25) is 5.02 Å². The zero-order chi connectivity index (χ0) is 18.9. The lowest BCUT2D eigenvalue weighted by Crippen LogP contribution is -2.47. The standard InChI is InChI=1S/C19H19ClN2O4/c1-3-12-25-15-10-8-14(9-11-15)19(24)22-21-18(23)13(2)26-17-7-5-4-6-16(17)20/h3-11,13H,1,12H2,2H3,(H,21,23)(H,22,24). The first kappa shape index (κ1) is 19.3. The van der Waals surface area contributed by atoms with Crippen LogP contribution in [0.5, 0.6) is 11.5 Å². The Bertz CT molecular complexity index is 777. The van der Waals surface area contributed by atoms with Crippen molar-refractivity contribution in [2.24, 2.45) is 0 Å². The van der Waals surface area contributed by atoms with Gasteiger partial charge in [0.25, 0.3) is 11.8 Å². The third kappa shape index (κ3) is 5.53. The maximum atomic E-state index is 12.1. The summed E-state index contributed by atoms with van der Waals surface area (Å²) in [5.74, 6) is 0.0354. The SMILES string of the molecule is C=CCOc1ccc(C(=O)NNC(=O)C(C)Oc2ccccc2Cl)cc1. The van der Waals surface area contributed by atoms with E-state index in [2.05, 4.69) is 17.4 Å². The number of halogens is 1. The molecule has 0 heterocycles. The highest BCUT2D eigenvalue weighted by Crippen LogP contribution is 2.24. The van der Waals surface area contributed by atoms with Gasteiger partial charge in [-0.25, -0.2) is 0 Å². The number of benzene rings is 2. The van der Waals surface area contributed by atoms with Gasteiger partial charge in [-0.3, -0.25) is 20.4 Å². The van der Waals surface area contributed by atoms with E-state index in [1.54, 1.807) is 61.5 Å². The van der Waals surface area contributed by atoms with Crippen LogP contribution < -0.4 is 20.3 Å². The molecule has 0 aliphatic heterocycles. The summed E-state index contributed by atoms with van der Waals surface area (Å²) in [6.45, 7) is 5.49. The van der Waals surface area contributed by atoms with Crippen LogP contribution in [0.3, 0.4) is 0 Å². The van der Waals surface area contributed by atoms with Gasteiger partial charge in [0.2, 0.25) is 0 Å². The number of amides is 2. The van der Waals surface area contributed by atoms with E-state index < -0.39 is 17.9 Å². The molecule has 0 saturated carbocycles. The third-order valence-corrected chi connectivity index (χ3v) is 3.61. The van der Waals surface area contributed by atoms with Crippen LogP contribution in [0.1, 0.15) is 17.3 Å². The molecule has 7 heteroatoms. The molecule has 0 radical (unpaired) electrons. The number of nitrogens with one attached hydrogen (secondary N) is 2. The number of rotatable bonds is 7. The maximum absolute atomic E-state index is 12.1. The second-order valence-electron chi connectivity index (χ2n) is 5.26. The van der Waals surface area contributed by atoms with E-state index in [1.807, 2.05) is 0 Å². The van der Waals surface area contributed by atoms with Gasteiger partial charge in [-0.2, -0.15) is 0 Å². The Hall–Kier alpha value is -2.99. The van der Waals surface area contributed by atoms with Crippen molar-refractivity contribution in [3.63, 3.8) is 0 Å². The Labute approximate surface area is 156 Å². The van der Waals surface area contributed by atoms with Crippen molar-refractivity contribution in [3.05, 3.63) is 71.8 Å². The fourth-order valence-corrected chi connectivity index (χ4v) is 2.11. The first-order chi connectivity index (χ1) is 12.5. The Morgan fingerprint density at radius 2 is 1.85 bits per heavy atom. The van der Waals surface area contributed by atoms with E-state index in [0.717, 1.165) is 0 Å². The molecule has 2 amide bonds. The predicted molar refractivity (Wildman–Crippen MR) is 99.3 cm³/mol. The largest absolute Gasteiger partial charge is 0.490 e. The lowest BCUT2D eigenvalue weighted by atomic mass is 10.2. The van der Waals surface area contributed by atoms with Crippen molar-refractivity contribution in [2.75, 3.05) is 6.61 Å². The zero-order valence-corrected chi connectivity index (χ0v) is 15.0. The van der Waals surface area contributed by atoms with Crippen LogP contribution in [-0.4, -0.2) is 24.5 Å². The van der Waals surface area contributed by atoms with Gasteiger partial charge in [-0.15, -0.1) is 0 Å². The number of hydrazine groups is 1. The topological polar surface area (TPSA) is 76.7 Å². The molecule has 2 rings (SSSR count). The molecule has 0 aliphatic rings. The van der Waals surface area contributed by atoms with Crippen LogP contribution >= 0.6 is 11.6 Å². The molecular weight excluding hydrogens is 356 g/mol. The van der Waals surface area contributed by atoms with Crippen molar-refractivity contribution in [1.29, 1.82) is 0 Å². The third-order valence-electron chi connectivity index (χ3n) is 3.29. The number of hydrogen-bond donors (Lipinski definition) is 2. The first-order valence-electron chi connectivity index (χ1n) is 7.86. The van der Waals surface area contributed by atoms with Gasteiger partial charge in [0.05, 0.1) is 5.02 Å². The van der Waals surface area contributed by atoms with Gasteiger partial charge in [0, 0.05) is 5.56 Å². The Morgan fingerprint density at radius 1 is 1.15 bits per heavy atom. The van der Waals surface area contributed by atoms with Crippen LogP contribution in [0.25, 0.3) is 0 Å². The molecule has 136 valence electrons. The average Bonchev–Trinajstić information content (AvgIpc) is 2.66. The van der Waals surface area contributed by atoms with Crippen molar-refractivity contribution in [1.82, 2.24) is 10.9 Å². The van der Waals surface area contributed by atoms with E-state index in [-0.39, 0.29) is 0 Å². The molecule has 6 nitrogen and oxygen atoms in total. The van der Waals surface area contributed by atoms with Crippen molar-refractivity contribution < 1.29 is 19.1 Å². The predicted octanol–water partition coefficient (Wildman–Crippen LogP) is 3.13. The van der Waals surface area contributed by atoms with Gasteiger partial charge in [-0.1, -0.05) is 36.4 Å². The normalized spacial score (nSPS) is 11.2. The summed E-state index contributed by atoms with van der Waals surface area (Å²) in [5.41, 5.74) is 5.02. The zero-order valence-electron chi connectivity index (χ0n) is 14.2. The van der Waals surface area contributed by atoms with Gasteiger partial charge in [0.1, 0.15) is 18.1 Å². The minimum Gasteiger partial charge on any atom is -0.490 e. The summed E-state index contributed by atoms with van der Waals surface area (Å²) >= 11 is 5.98. The molecule has 0 saturated heterocycles. The van der Waals surface area contributed by atoms with Gasteiger partial charge in [0.15, 0.2) is 6.10 Å². The quantitative estimate of drug-likeness (QED) is 0.576. The van der Waals surface area contributed by atoms with Crippen LogP contribution in [0, 0.1) is 0 Å². The Balaban J connectivity index is 1.85. The Morgan fingerprint density at radius 3 is 2.50 bits per heavy atom. The molecule has 2 N–H and O–H groups in total. The van der Waals surface area contributed by atoms with Crippen molar-refractivity contribution in [2.45, 2.75) is 13.0 Å². The molecule has 2 aromatic carbocycles. The van der Waals surface area contributed by atoms with Crippen LogP contribution in [-0.2, 0) is 4.79 Å². The monoisotopic (exact) mass is 374 g/mol. The second-order valence-corrected chi connectivity index (χ2v) is 5.67. The summed E-state index contributed by atoms with van der Waals surface area (Å²) in [4.78, 5) is 24.1. The number of carbonyl (C=O) groups excluding carboxylic acids is 2. The minimum atomic E-state index is -0.843. The molecule has 0 bridgehead atoms. The van der Waals surface area contributed by atoms with E-state index in [4.69, 9.17) is 21.1 Å². The highest BCUT2D eigenvalue weighted by Gasteiger charge is 2.17. The highest BCUT2D eigenvalue weighted by atomic mass is 35.5.